The minimum absolute atomic E-state index is 0.768. The highest BCUT2D eigenvalue weighted by Crippen LogP contribution is 2.51. The summed E-state index contributed by atoms with van der Waals surface area (Å²) in [7, 11) is 0. The van der Waals surface area contributed by atoms with E-state index in [0.29, 0.717) is 0 Å². The molecule has 0 aliphatic heterocycles. The van der Waals surface area contributed by atoms with Gasteiger partial charge in [-0.1, -0.05) is 279 Å². The topological polar surface area (TPSA) is 32.6 Å². The lowest BCUT2D eigenvalue weighted by atomic mass is 9.91. The minimum Gasteiger partial charge on any atom is -0.305 e. The molecule has 5 heteroatoms. The van der Waals surface area contributed by atoms with E-state index in [1.807, 2.05) is 0 Å². The van der Waals surface area contributed by atoms with Gasteiger partial charge in [0.05, 0.1) is 44.1 Å². The highest BCUT2D eigenvalue weighted by Gasteiger charge is 2.34. The Morgan fingerprint density at radius 2 is 0.370 bits per heavy atom. The first-order valence-corrected chi connectivity index (χ1v) is 34.3. The summed E-state index contributed by atoms with van der Waals surface area (Å²) in [6.45, 7) is 0. The Morgan fingerprint density at radius 1 is 0.150 bits per heavy atom. The number of para-hydroxylation sites is 4. The van der Waals surface area contributed by atoms with Gasteiger partial charge in [0, 0.05) is 48.7 Å². The van der Waals surface area contributed by atoms with Crippen LogP contribution in [0.4, 0.5) is 0 Å². The molecule has 5 heterocycles. The van der Waals surface area contributed by atoms with Crippen molar-refractivity contribution in [2.45, 2.75) is 0 Å². The van der Waals surface area contributed by atoms with E-state index >= 15 is 0 Å². The summed E-state index contributed by atoms with van der Waals surface area (Å²) in [5, 5.41) is 9.07. The maximum atomic E-state index is 6.75. The van der Waals surface area contributed by atoms with Crippen LogP contribution in [0, 0.1) is 0 Å². The first-order chi connectivity index (χ1) is 49.6. The quantitative estimate of drug-likeness (QED) is 0.127. The van der Waals surface area contributed by atoms with E-state index in [9.17, 15) is 0 Å². The molecule has 20 aromatic rings. The summed E-state index contributed by atoms with van der Waals surface area (Å²) in [5.74, 6) is 1.54. The van der Waals surface area contributed by atoms with E-state index in [4.69, 9.17) is 4.98 Å². The maximum absolute atomic E-state index is 6.75. The van der Waals surface area contributed by atoms with Gasteiger partial charge in [0.15, 0.2) is 11.6 Å². The Kier molecular flexibility index (Phi) is 13.2. The fourth-order valence-corrected chi connectivity index (χ4v) is 16.0. The fourth-order valence-electron chi connectivity index (χ4n) is 16.0. The van der Waals surface area contributed by atoms with Crippen molar-refractivity contribution in [3.05, 3.63) is 370 Å². The summed E-state index contributed by atoms with van der Waals surface area (Å²) in [4.78, 5) is 6.75. The zero-order valence-electron chi connectivity index (χ0n) is 54.5. The normalized spacial score (nSPS) is 11.8. The van der Waals surface area contributed by atoms with Crippen LogP contribution >= 0.6 is 0 Å². The van der Waals surface area contributed by atoms with Gasteiger partial charge in [-0.3, -0.25) is 9.13 Å². The fraction of sp³-hybridized carbons (Fsp3) is 0. The van der Waals surface area contributed by atoms with E-state index in [0.717, 1.165) is 188 Å². The zero-order valence-corrected chi connectivity index (χ0v) is 54.5. The summed E-state index contributed by atoms with van der Waals surface area (Å²) >= 11 is 0. The van der Waals surface area contributed by atoms with Crippen LogP contribution in [0.1, 0.15) is 0 Å². The van der Waals surface area contributed by atoms with Gasteiger partial charge in [-0.15, -0.1) is 0 Å². The van der Waals surface area contributed by atoms with Gasteiger partial charge >= 0.3 is 0 Å². The van der Waals surface area contributed by atoms with Gasteiger partial charge in [0.25, 0.3) is 0 Å². The summed E-state index contributed by atoms with van der Waals surface area (Å²) in [6, 6.07) is 136. The van der Waals surface area contributed by atoms with Crippen molar-refractivity contribution in [2.75, 3.05) is 0 Å². The van der Waals surface area contributed by atoms with Crippen molar-refractivity contribution in [1.82, 2.24) is 23.3 Å². The second kappa shape index (κ2) is 23.2. The predicted molar refractivity (Wildman–Crippen MR) is 420 cm³/mol. The summed E-state index contributed by atoms with van der Waals surface area (Å²) in [6.07, 6.45) is 0. The zero-order chi connectivity index (χ0) is 65.8. The third-order valence-corrected chi connectivity index (χ3v) is 20.5. The molecule has 0 atom stereocenters. The molecular formula is C95H61N5. The number of nitrogens with zero attached hydrogens (tertiary/aromatic N) is 5. The van der Waals surface area contributed by atoms with Crippen LogP contribution < -0.4 is 0 Å². The van der Waals surface area contributed by atoms with Crippen molar-refractivity contribution in [3.63, 3.8) is 0 Å². The lowest BCUT2D eigenvalue weighted by Crippen LogP contribution is -2.16. The van der Waals surface area contributed by atoms with E-state index in [2.05, 4.69) is 388 Å². The monoisotopic (exact) mass is 1270 g/mol. The Labute approximate surface area is 577 Å². The molecule has 20 rings (SSSR count). The molecule has 0 saturated carbocycles. The largest absolute Gasteiger partial charge is 0.305 e. The van der Waals surface area contributed by atoms with Crippen molar-refractivity contribution in [2.24, 2.45) is 0 Å². The van der Waals surface area contributed by atoms with E-state index < -0.39 is 0 Å². The lowest BCUT2D eigenvalue weighted by Gasteiger charge is -2.27. The minimum atomic E-state index is 0.768. The molecule has 0 unspecified atom stereocenters. The first-order valence-electron chi connectivity index (χ1n) is 34.3. The van der Waals surface area contributed by atoms with Crippen LogP contribution in [0.5, 0.6) is 0 Å². The molecule has 0 saturated heterocycles. The number of benzene rings is 15. The number of rotatable bonds is 11. The van der Waals surface area contributed by atoms with Crippen molar-refractivity contribution in [3.8, 4) is 101 Å². The van der Waals surface area contributed by atoms with Crippen molar-refractivity contribution in [1.29, 1.82) is 0 Å². The van der Waals surface area contributed by atoms with Crippen molar-refractivity contribution < 1.29 is 0 Å². The molecule has 0 amide bonds. The molecule has 0 radical (unpaired) electrons. The maximum Gasteiger partial charge on any atom is 0.165 e. The van der Waals surface area contributed by atoms with Crippen LogP contribution in [0.15, 0.2) is 370 Å². The molecule has 5 nitrogen and oxygen atoms in total. The van der Waals surface area contributed by atoms with Crippen molar-refractivity contribution >= 4 is 87.2 Å². The molecular weight excluding hydrogens is 1210 g/mol. The molecule has 15 aromatic carbocycles. The van der Waals surface area contributed by atoms with Crippen LogP contribution in [-0.2, 0) is 0 Å². The Hall–Kier alpha value is -13.4. The molecule has 0 fully saturated rings. The standard InChI is InChI=1S/C95H61N5/c1-7-27-62(28-8-1)68-47-51-87-79(58-68)80-59-69(63-29-9-2-10-30-63)48-52-88(80)99(87)94-92(97-83-43-23-19-39-75(83)76-40-20-24-44-84(76)97)91(74-56-72(66-35-15-5-16-36-66)55-73(57-74)67-37-17-6-18-38-67)93(98-85-45-25-21-41-77(85)78-42-22-26-46-86(78)98)95(96-94)100-89-53-49-70(64-31-11-3-12-32-64)60-81(89)82-61-71(50-54-90(82)100)65-33-13-4-14-34-65/h1-61H. The van der Waals surface area contributed by atoms with E-state index in [1.54, 1.807) is 0 Å². The molecule has 466 valence electrons. The van der Waals surface area contributed by atoms with E-state index in [-0.39, 0.29) is 0 Å². The molecule has 0 bridgehead atoms. The molecule has 0 spiro atoms. The third-order valence-electron chi connectivity index (χ3n) is 20.5. The Balaban J connectivity index is 1.06. The van der Waals surface area contributed by atoms with Gasteiger partial charge in [-0.05, 0) is 163 Å². The number of aromatic nitrogens is 5. The highest BCUT2D eigenvalue weighted by atomic mass is 15.2. The van der Waals surface area contributed by atoms with Crippen LogP contribution in [-0.4, -0.2) is 23.3 Å². The molecule has 0 aliphatic carbocycles. The SMILES string of the molecule is c1ccc(-c2cc(-c3ccccc3)cc(-c3c(-n4c5ccccc5c5ccccc54)c(-n4c5ccc(-c6ccccc6)cc5c5cc(-c6ccccc6)ccc54)nc(-n4c5ccc(-c6ccccc6)cc5c5cc(-c6ccccc6)ccc54)c3-n3c4ccccc4c4ccccc43)c2)cc1. The number of hydrogen-bond acceptors (Lipinski definition) is 1. The van der Waals surface area contributed by atoms with Gasteiger partial charge in [0.1, 0.15) is 11.4 Å². The lowest BCUT2D eigenvalue weighted by molar-refractivity contribution is 0.961. The number of pyridine rings is 1. The second-order valence-corrected chi connectivity index (χ2v) is 26.2. The summed E-state index contributed by atoms with van der Waals surface area (Å²) < 4.78 is 10.1. The average molecular weight is 1270 g/mol. The summed E-state index contributed by atoms with van der Waals surface area (Å²) in [5.41, 5.74) is 25.8. The van der Waals surface area contributed by atoms with Crippen LogP contribution in [0.25, 0.3) is 188 Å². The molecule has 100 heavy (non-hydrogen) atoms. The molecule has 5 aromatic heterocycles. The van der Waals surface area contributed by atoms with Gasteiger partial charge < -0.3 is 9.13 Å². The van der Waals surface area contributed by atoms with Crippen LogP contribution in [0.3, 0.4) is 0 Å². The second-order valence-electron chi connectivity index (χ2n) is 26.2. The average Bonchev–Trinajstić information content (AvgIpc) is 1.48. The number of hydrogen-bond donors (Lipinski definition) is 0. The first kappa shape index (κ1) is 56.9. The molecule has 0 N–H and O–H groups in total. The highest BCUT2D eigenvalue weighted by molar-refractivity contribution is 6.17. The Morgan fingerprint density at radius 3 is 0.640 bits per heavy atom. The van der Waals surface area contributed by atoms with Gasteiger partial charge in [0.2, 0.25) is 0 Å². The van der Waals surface area contributed by atoms with E-state index in [1.165, 1.54) is 0 Å². The Bertz CT molecular complexity index is 5910. The number of fused-ring (bicyclic) bond motifs is 12. The van der Waals surface area contributed by atoms with Gasteiger partial charge in [-0.2, -0.15) is 0 Å². The molecule has 0 aliphatic rings. The smallest absolute Gasteiger partial charge is 0.165 e. The predicted octanol–water partition coefficient (Wildman–Crippen LogP) is 25.1. The van der Waals surface area contributed by atoms with Crippen LogP contribution in [0.2, 0.25) is 0 Å². The van der Waals surface area contributed by atoms with Gasteiger partial charge in [-0.25, -0.2) is 4.98 Å². The third kappa shape index (κ3) is 9.13.